The van der Waals surface area contributed by atoms with E-state index in [2.05, 4.69) is 4.98 Å². The number of amides is 1. The zero-order chi connectivity index (χ0) is 19.3. The molecule has 140 valence electrons. The van der Waals surface area contributed by atoms with Crippen LogP contribution >= 0.6 is 0 Å². The van der Waals surface area contributed by atoms with Crippen LogP contribution in [0.25, 0.3) is 11.5 Å². The Morgan fingerprint density at radius 3 is 2.32 bits per heavy atom. The van der Waals surface area contributed by atoms with Crippen molar-refractivity contribution in [3.63, 3.8) is 0 Å². The Kier molecular flexibility index (Phi) is 5.06. The number of carbonyl (C=O) groups excluding carboxylic acids is 1. The minimum absolute atomic E-state index is 0.191. The van der Waals surface area contributed by atoms with Crippen LogP contribution in [-0.4, -0.2) is 15.8 Å². The predicted octanol–water partition coefficient (Wildman–Crippen LogP) is 5.09. The summed E-state index contributed by atoms with van der Waals surface area (Å²) in [7, 11) is 0. The van der Waals surface area contributed by atoms with E-state index in [1.54, 1.807) is 18.1 Å². The first-order valence-corrected chi connectivity index (χ1v) is 9.09. The fraction of sp³-hybridized carbons (Fsp3) is 0.130. The molecule has 0 atom stereocenters. The average molecular weight is 372 g/mol. The monoisotopic (exact) mass is 372 g/mol. The van der Waals surface area contributed by atoms with Gasteiger partial charge in [0, 0.05) is 12.1 Å². The van der Waals surface area contributed by atoms with E-state index in [1.807, 2.05) is 72.8 Å². The minimum atomic E-state index is -0.191. The molecule has 5 nitrogen and oxygen atoms in total. The number of oxazole rings is 1. The van der Waals surface area contributed by atoms with Crippen molar-refractivity contribution in [2.45, 2.75) is 20.0 Å². The number of aryl methyl sites for hydroxylation is 1. The topological polar surface area (TPSA) is 59.5 Å². The van der Waals surface area contributed by atoms with Gasteiger partial charge in [0.25, 0.3) is 5.91 Å². The molecular weight excluding hydrogens is 352 g/mol. The van der Waals surface area contributed by atoms with Crippen LogP contribution in [0.4, 0.5) is 0 Å². The highest BCUT2D eigenvalue weighted by molar-refractivity contribution is 5.93. The van der Waals surface area contributed by atoms with Crippen molar-refractivity contribution in [1.82, 2.24) is 9.88 Å². The van der Waals surface area contributed by atoms with Gasteiger partial charge in [-0.1, -0.05) is 48.5 Å². The van der Waals surface area contributed by atoms with Crippen LogP contribution in [-0.2, 0) is 13.1 Å². The fourth-order valence-electron chi connectivity index (χ4n) is 3.04. The number of rotatable bonds is 6. The summed E-state index contributed by atoms with van der Waals surface area (Å²) in [6.07, 6.45) is 1.61. The SMILES string of the molecule is Cc1oc(-c2ccccc2)nc1C(=O)N(Cc1ccccc1)Cc1ccco1. The Hall–Kier alpha value is -3.60. The summed E-state index contributed by atoms with van der Waals surface area (Å²) in [5, 5.41) is 0. The zero-order valence-electron chi connectivity index (χ0n) is 15.5. The van der Waals surface area contributed by atoms with Gasteiger partial charge in [-0.15, -0.1) is 0 Å². The zero-order valence-corrected chi connectivity index (χ0v) is 15.5. The highest BCUT2D eigenvalue weighted by Crippen LogP contribution is 2.23. The second-order valence-electron chi connectivity index (χ2n) is 6.52. The summed E-state index contributed by atoms with van der Waals surface area (Å²) in [4.78, 5) is 19.5. The molecule has 1 amide bonds. The molecule has 2 aromatic heterocycles. The highest BCUT2D eigenvalue weighted by Gasteiger charge is 2.24. The van der Waals surface area contributed by atoms with E-state index >= 15 is 0 Å². The van der Waals surface area contributed by atoms with E-state index in [-0.39, 0.29) is 5.91 Å². The molecule has 0 radical (unpaired) electrons. The lowest BCUT2D eigenvalue weighted by Crippen LogP contribution is -2.30. The lowest BCUT2D eigenvalue weighted by atomic mass is 10.2. The number of nitrogens with zero attached hydrogens (tertiary/aromatic N) is 2. The molecule has 0 saturated carbocycles. The first-order valence-electron chi connectivity index (χ1n) is 9.09. The standard InChI is InChI=1S/C23H20N2O3/c1-17-21(24-22(28-17)19-11-6-3-7-12-19)23(26)25(16-20-13-8-14-27-20)15-18-9-4-2-5-10-18/h2-14H,15-16H2,1H3. The van der Waals surface area contributed by atoms with Crippen molar-refractivity contribution in [3.8, 4) is 11.5 Å². The third kappa shape index (κ3) is 3.88. The highest BCUT2D eigenvalue weighted by atomic mass is 16.4. The van der Waals surface area contributed by atoms with Crippen LogP contribution in [0.1, 0.15) is 27.6 Å². The Bertz CT molecular complexity index is 1040. The third-order valence-corrected chi connectivity index (χ3v) is 4.45. The maximum atomic E-state index is 13.3. The van der Waals surface area contributed by atoms with E-state index in [4.69, 9.17) is 8.83 Å². The predicted molar refractivity (Wildman–Crippen MR) is 105 cm³/mol. The lowest BCUT2D eigenvalue weighted by Gasteiger charge is -2.21. The van der Waals surface area contributed by atoms with Gasteiger partial charge in [0.15, 0.2) is 5.69 Å². The molecular formula is C23H20N2O3. The van der Waals surface area contributed by atoms with Gasteiger partial charge in [0.2, 0.25) is 5.89 Å². The number of benzene rings is 2. The van der Waals surface area contributed by atoms with E-state index in [0.717, 1.165) is 11.1 Å². The average Bonchev–Trinajstić information content (AvgIpc) is 3.38. The summed E-state index contributed by atoms with van der Waals surface area (Å²) < 4.78 is 11.2. The van der Waals surface area contributed by atoms with Crippen molar-refractivity contribution in [2.24, 2.45) is 0 Å². The maximum absolute atomic E-state index is 13.3. The van der Waals surface area contributed by atoms with E-state index in [1.165, 1.54) is 0 Å². The number of hydrogen-bond donors (Lipinski definition) is 0. The second kappa shape index (κ2) is 7.96. The van der Waals surface area contributed by atoms with Crippen LogP contribution < -0.4 is 0 Å². The molecule has 0 aliphatic heterocycles. The van der Waals surface area contributed by atoms with Crippen LogP contribution in [0.15, 0.2) is 87.9 Å². The number of hydrogen-bond acceptors (Lipinski definition) is 4. The Labute approximate surface area is 163 Å². The Morgan fingerprint density at radius 2 is 1.64 bits per heavy atom. The molecule has 0 aliphatic rings. The lowest BCUT2D eigenvalue weighted by molar-refractivity contribution is 0.0710. The molecule has 4 rings (SSSR count). The number of furan rings is 1. The molecule has 0 fully saturated rings. The second-order valence-corrected chi connectivity index (χ2v) is 6.52. The van der Waals surface area contributed by atoms with Gasteiger partial charge in [-0.2, -0.15) is 0 Å². The molecule has 5 heteroatoms. The molecule has 0 aliphatic carbocycles. The summed E-state index contributed by atoms with van der Waals surface area (Å²) in [5.74, 6) is 1.47. The molecule has 0 saturated heterocycles. The molecule has 28 heavy (non-hydrogen) atoms. The molecule has 0 unspecified atom stereocenters. The maximum Gasteiger partial charge on any atom is 0.276 e. The van der Waals surface area contributed by atoms with Gasteiger partial charge in [-0.3, -0.25) is 4.79 Å². The quantitative estimate of drug-likeness (QED) is 0.473. The number of carbonyl (C=O) groups is 1. The van der Waals surface area contributed by atoms with Gasteiger partial charge in [-0.25, -0.2) is 4.98 Å². The van der Waals surface area contributed by atoms with Crippen molar-refractivity contribution in [1.29, 1.82) is 0 Å². The fourth-order valence-corrected chi connectivity index (χ4v) is 3.04. The van der Waals surface area contributed by atoms with E-state index in [9.17, 15) is 4.79 Å². The van der Waals surface area contributed by atoms with Crippen molar-refractivity contribution in [2.75, 3.05) is 0 Å². The van der Waals surface area contributed by atoms with Gasteiger partial charge in [0.05, 0.1) is 12.8 Å². The van der Waals surface area contributed by atoms with Crippen molar-refractivity contribution < 1.29 is 13.6 Å². The van der Waals surface area contributed by atoms with Gasteiger partial charge >= 0.3 is 0 Å². The minimum Gasteiger partial charge on any atom is -0.467 e. The number of aromatic nitrogens is 1. The summed E-state index contributed by atoms with van der Waals surface area (Å²) in [5.41, 5.74) is 2.19. The molecule has 0 spiro atoms. The third-order valence-electron chi connectivity index (χ3n) is 4.45. The van der Waals surface area contributed by atoms with Crippen LogP contribution in [0.5, 0.6) is 0 Å². The van der Waals surface area contributed by atoms with E-state index < -0.39 is 0 Å². The Balaban J connectivity index is 1.64. The molecule has 2 heterocycles. The Morgan fingerprint density at radius 1 is 0.929 bits per heavy atom. The van der Waals surface area contributed by atoms with Crippen molar-refractivity contribution >= 4 is 5.91 Å². The first kappa shape index (κ1) is 17.8. The van der Waals surface area contributed by atoms with Gasteiger partial charge in [0.1, 0.15) is 11.5 Å². The van der Waals surface area contributed by atoms with Crippen LogP contribution in [0.2, 0.25) is 0 Å². The first-order chi connectivity index (χ1) is 13.7. The normalized spacial score (nSPS) is 10.8. The van der Waals surface area contributed by atoms with Crippen molar-refractivity contribution in [3.05, 3.63) is 102 Å². The molecule has 0 N–H and O–H groups in total. The molecule has 0 bridgehead atoms. The smallest absolute Gasteiger partial charge is 0.276 e. The molecule has 4 aromatic rings. The van der Waals surface area contributed by atoms with Gasteiger partial charge in [-0.05, 0) is 36.8 Å². The van der Waals surface area contributed by atoms with Crippen LogP contribution in [0, 0.1) is 6.92 Å². The summed E-state index contributed by atoms with van der Waals surface area (Å²) >= 11 is 0. The van der Waals surface area contributed by atoms with Crippen LogP contribution in [0.3, 0.4) is 0 Å². The summed E-state index contributed by atoms with van der Waals surface area (Å²) in [6, 6.07) is 23.1. The van der Waals surface area contributed by atoms with Gasteiger partial charge < -0.3 is 13.7 Å². The summed E-state index contributed by atoms with van der Waals surface area (Å²) in [6.45, 7) is 2.57. The van der Waals surface area contributed by atoms with E-state index in [0.29, 0.717) is 36.2 Å². The largest absolute Gasteiger partial charge is 0.467 e. The molecule has 2 aromatic carbocycles.